The second-order valence-electron chi connectivity index (χ2n) is 4.47. The van der Waals surface area contributed by atoms with Gasteiger partial charge < -0.3 is 15.9 Å². The van der Waals surface area contributed by atoms with Crippen molar-refractivity contribution in [1.82, 2.24) is 0 Å². The SMILES string of the molecule is CCC[C@]1(C(=O)O)CC[C@@](N)(C(=O)O)C1.Cl. The smallest absolute Gasteiger partial charge is 0.323 e. The molecular weight excluding hydrogens is 234 g/mol. The summed E-state index contributed by atoms with van der Waals surface area (Å²) in [7, 11) is 0. The van der Waals surface area contributed by atoms with Gasteiger partial charge >= 0.3 is 11.9 Å². The van der Waals surface area contributed by atoms with Crippen LogP contribution >= 0.6 is 12.4 Å². The highest BCUT2D eigenvalue weighted by Crippen LogP contribution is 2.46. The summed E-state index contributed by atoms with van der Waals surface area (Å²) < 4.78 is 0. The van der Waals surface area contributed by atoms with Crippen LogP contribution in [0, 0.1) is 5.41 Å². The lowest BCUT2D eigenvalue weighted by Gasteiger charge is -2.25. The molecule has 0 aliphatic heterocycles. The normalized spacial score (nSPS) is 33.1. The van der Waals surface area contributed by atoms with Gasteiger partial charge in [0.15, 0.2) is 0 Å². The van der Waals surface area contributed by atoms with Crippen molar-refractivity contribution in [2.45, 2.75) is 44.6 Å². The van der Waals surface area contributed by atoms with Crippen LogP contribution in [0.3, 0.4) is 0 Å². The summed E-state index contributed by atoms with van der Waals surface area (Å²) in [6.07, 6.45) is 1.86. The van der Waals surface area contributed by atoms with Crippen LogP contribution in [0.5, 0.6) is 0 Å². The Labute approximate surface area is 100 Å². The molecule has 0 aromatic carbocycles. The summed E-state index contributed by atoms with van der Waals surface area (Å²) >= 11 is 0. The topological polar surface area (TPSA) is 101 Å². The molecule has 0 amide bonds. The number of nitrogens with two attached hydrogens (primary N) is 1. The Morgan fingerprint density at radius 3 is 2.12 bits per heavy atom. The molecule has 6 heteroatoms. The van der Waals surface area contributed by atoms with Crippen LogP contribution in [0.15, 0.2) is 0 Å². The average Bonchev–Trinajstić information content (AvgIpc) is 2.47. The van der Waals surface area contributed by atoms with Gasteiger partial charge in [-0.3, -0.25) is 9.59 Å². The highest BCUT2D eigenvalue weighted by molar-refractivity contribution is 5.85. The predicted octanol–water partition coefficient (Wildman–Crippen LogP) is 1.25. The standard InChI is InChI=1S/C10H17NO4.ClH/c1-2-3-9(7(12)13)4-5-10(11,6-9)8(14)15;/h2-6,11H2,1H3,(H,12,13)(H,14,15);1H/t9-,10-;/m0./s1. The lowest BCUT2D eigenvalue weighted by atomic mass is 9.80. The fraction of sp³-hybridized carbons (Fsp3) is 0.800. The molecule has 1 saturated carbocycles. The highest BCUT2D eigenvalue weighted by atomic mass is 35.5. The largest absolute Gasteiger partial charge is 0.481 e. The highest BCUT2D eigenvalue weighted by Gasteiger charge is 2.53. The first-order chi connectivity index (χ1) is 6.86. The fourth-order valence-corrected chi connectivity index (χ4v) is 2.41. The maximum atomic E-state index is 11.2. The van der Waals surface area contributed by atoms with E-state index < -0.39 is 22.9 Å². The average molecular weight is 252 g/mol. The summed E-state index contributed by atoms with van der Waals surface area (Å²) in [6, 6.07) is 0. The first-order valence-corrected chi connectivity index (χ1v) is 5.12. The molecule has 0 aromatic rings. The molecule has 0 unspecified atom stereocenters. The Balaban J connectivity index is 0.00000225. The van der Waals surface area contributed by atoms with Crippen LogP contribution in [0.2, 0.25) is 0 Å². The lowest BCUT2D eigenvalue weighted by molar-refractivity contribution is -0.150. The van der Waals surface area contributed by atoms with Crippen LogP contribution in [-0.2, 0) is 9.59 Å². The third-order valence-electron chi connectivity index (χ3n) is 3.31. The minimum Gasteiger partial charge on any atom is -0.481 e. The van der Waals surface area contributed by atoms with E-state index >= 15 is 0 Å². The zero-order chi connectivity index (χ0) is 11.7. The van der Waals surface area contributed by atoms with E-state index in [-0.39, 0.29) is 25.2 Å². The second kappa shape index (κ2) is 5.01. The number of carboxylic acid groups (broad SMARTS) is 2. The molecular formula is C10H18ClNO4. The molecule has 4 N–H and O–H groups in total. The fourth-order valence-electron chi connectivity index (χ4n) is 2.41. The van der Waals surface area contributed by atoms with Gasteiger partial charge in [-0.1, -0.05) is 13.3 Å². The molecule has 0 radical (unpaired) electrons. The number of rotatable bonds is 4. The lowest BCUT2D eigenvalue weighted by Crippen LogP contribution is -2.47. The van der Waals surface area contributed by atoms with E-state index in [4.69, 9.17) is 15.9 Å². The molecule has 2 atom stereocenters. The van der Waals surface area contributed by atoms with Crippen LogP contribution < -0.4 is 5.73 Å². The minimum atomic E-state index is -1.35. The van der Waals surface area contributed by atoms with Crippen LogP contribution in [0.4, 0.5) is 0 Å². The van der Waals surface area contributed by atoms with Gasteiger partial charge in [0.05, 0.1) is 5.41 Å². The molecule has 1 aliphatic rings. The predicted molar refractivity (Wildman–Crippen MR) is 60.6 cm³/mol. The van der Waals surface area contributed by atoms with E-state index in [1.807, 2.05) is 6.92 Å². The first kappa shape index (κ1) is 15.2. The van der Waals surface area contributed by atoms with Crippen molar-refractivity contribution in [1.29, 1.82) is 0 Å². The van der Waals surface area contributed by atoms with E-state index in [2.05, 4.69) is 0 Å². The summed E-state index contributed by atoms with van der Waals surface area (Å²) in [4.78, 5) is 22.1. The number of carboxylic acids is 2. The third kappa shape index (κ3) is 2.47. The minimum absolute atomic E-state index is 0. The summed E-state index contributed by atoms with van der Waals surface area (Å²) in [5.41, 5.74) is 3.40. The van der Waals surface area contributed by atoms with Gasteiger partial charge in [0.25, 0.3) is 0 Å². The van der Waals surface area contributed by atoms with Crippen LogP contribution in [-0.4, -0.2) is 27.7 Å². The Bertz CT molecular complexity index is 297. The van der Waals surface area contributed by atoms with E-state index in [0.717, 1.165) is 6.42 Å². The van der Waals surface area contributed by atoms with Crippen molar-refractivity contribution < 1.29 is 19.8 Å². The molecule has 1 rings (SSSR count). The Kier molecular flexibility index (Phi) is 4.76. The number of halogens is 1. The van der Waals surface area contributed by atoms with E-state index in [1.165, 1.54) is 0 Å². The van der Waals surface area contributed by atoms with E-state index in [9.17, 15) is 9.59 Å². The van der Waals surface area contributed by atoms with Crippen LogP contribution in [0.25, 0.3) is 0 Å². The zero-order valence-corrected chi connectivity index (χ0v) is 10.0. The Morgan fingerprint density at radius 1 is 1.25 bits per heavy atom. The van der Waals surface area contributed by atoms with Gasteiger partial charge in [-0.25, -0.2) is 0 Å². The number of hydrogen-bond donors (Lipinski definition) is 3. The molecule has 94 valence electrons. The molecule has 1 aliphatic carbocycles. The van der Waals surface area contributed by atoms with Gasteiger partial charge in [-0.2, -0.15) is 0 Å². The van der Waals surface area contributed by atoms with Crippen molar-refractivity contribution >= 4 is 24.3 Å². The summed E-state index contributed by atoms with van der Waals surface area (Å²) in [5.74, 6) is -2.01. The number of hydrogen-bond acceptors (Lipinski definition) is 3. The number of carbonyl (C=O) groups is 2. The van der Waals surface area contributed by atoms with Crippen molar-refractivity contribution in [3.05, 3.63) is 0 Å². The third-order valence-corrected chi connectivity index (χ3v) is 3.31. The molecule has 1 fully saturated rings. The second-order valence-corrected chi connectivity index (χ2v) is 4.47. The molecule has 0 aromatic heterocycles. The van der Waals surface area contributed by atoms with Crippen molar-refractivity contribution in [2.24, 2.45) is 11.1 Å². The monoisotopic (exact) mass is 251 g/mol. The van der Waals surface area contributed by atoms with Crippen LogP contribution in [0.1, 0.15) is 39.0 Å². The Hall–Kier alpha value is -0.810. The van der Waals surface area contributed by atoms with Gasteiger partial charge in [0, 0.05) is 0 Å². The maximum Gasteiger partial charge on any atom is 0.323 e. The zero-order valence-electron chi connectivity index (χ0n) is 9.23. The van der Waals surface area contributed by atoms with E-state index in [1.54, 1.807) is 0 Å². The van der Waals surface area contributed by atoms with E-state index in [0.29, 0.717) is 12.8 Å². The maximum absolute atomic E-state index is 11.2. The van der Waals surface area contributed by atoms with Crippen molar-refractivity contribution in [2.75, 3.05) is 0 Å². The quantitative estimate of drug-likeness (QED) is 0.698. The molecule has 16 heavy (non-hydrogen) atoms. The summed E-state index contributed by atoms with van der Waals surface area (Å²) in [6.45, 7) is 1.89. The molecule has 0 heterocycles. The first-order valence-electron chi connectivity index (χ1n) is 5.12. The molecule has 5 nitrogen and oxygen atoms in total. The van der Waals surface area contributed by atoms with Gasteiger partial charge in [0.2, 0.25) is 0 Å². The molecule has 0 spiro atoms. The van der Waals surface area contributed by atoms with Crippen molar-refractivity contribution in [3.8, 4) is 0 Å². The van der Waals surface area contributed by atoms with Gasteiger partial charge in [-0.05, 0) is 25.7 Å². The molecule has 0 saturated heterocycles. The molecule has 0 bridgehead atoms. The Morgan fingerprint density at radius 2 is 1.81 bits per heavy atom. The van der Waals surface area contributed by atoms with Crippen molar-refractivity contribution in [3.63, 3.8) is 0 Å². The van der Waals surface area contributed by atoms with Gasteiger partial charge in [0.1, 0.15) is 5.54 Å². The van der Waals surface area contributed by atoms with Gasteiger partial charge in [-0.15, -0.1) is 12.4 Å². The summed E-state index contributed by atoms with van der Waals surface area (Å²) in [5, 5.41) is 18.1. The number of aliphatic carboxylic acids is 2.